The predicted molar refractivity (Wildman–Crippen MR) is 94.9 cm³/mol. The maximum atomic E-state index is 9.46. The largest absolute Gasteiger partial charge is 0.381 e. The lowest BCUT2D eigenvalue weighted by molar-refractivity contribution is 0.664. The number of nitrogens with one attached hydrogen (secondary N) is 1. The SMILES string of the molecule is CN(CCCc1[nH]nc(N)c1C#N)c1nc2c(cc1C#N)CCCC2. The van der Waals surface area contributed by atoms with E-state index in [1.54, 1.807) is 0 Å². The van der Waals surface area contributed by atoms with Crippen molar-refractivity contribution in [3.05, 3.63) is 34.1 Å². The third kappa shape index (κ3) is 3.41. The van der Waals surface area contributed by atoms with Gasteiger partial charge in [0.15, 0.2) is 5.82 Å². The van der Waals surface area contributed by atoms with E-state index in [1.807, 2.05) is 18.0 Å². The lowest BCUT2D eigenvalue weighted by atomic mass is 9.95. The first-order valence-electron chi connectivity index (χ1n) is 8.51. The number of fused-ring (bicyclic) bond motifs is 1. The molecule has 1 aliphatic rings. The summed E-state index contributed by atoms with van der Waals surface area (Å²) in [6, 6.07) is 6.35. The highest BCUT2D eigenvalue weighted by Gasteiger charge is 2.17. The van der Waals surface area contributed by atoms with Crippen LogP contribution in [0, 0.1) is 22.7 Å². The van der Waals surface area contributed by atoms with Crippen LogP contribution in [0.5, 0.6) is 0 Å². The summed E-state index contributed by atoms with van der Waals surface area (Å²) in [4.78, 5) is 6.77. The topological polar surface area (TPSA) is 118 Å². The Hall–Kier alpha value is -3.06. The number of nitrogen functional groups attached to an aromatic ring is 1. The quantitative estimate of drug-likeness (QED) is 0.863. The Morgan fingerprint density at radius 1 is 1.28 bits per heavy atom. The fourth-order valence-electron chi connectivity index (χ4n) is 3.29. The summed E-state index contributed by atoms with van der Waals surface area (Å²) in [7, 11) is 1.95. The zero-order chi connectivity index (χ0) is 17.8. The molecule has 0 bridgehead atoms. The molecule has 0 fully saturated rings. The second-order valence-electron chi connectivity index (χ2n) is 6.38. The number of nitriles is 2. The molecule has 0 aromatic carbocycles. The summed E-state index contributed by atoms with van der Waals surface area (Å²) in [6.45, 7) is 0.726. The number of aromatic nitrogens is 3. The Morgan fingerprint density at radius 3 is 2.84 bits per heavy atom. The summed E-state index contributed by atoms with van der Waals surface area (Å²) in [5, 5.41) is 25.3. The average molecular weight is 335 g/mol. The molecule has 128 valence electrons. The first kappa shape index (κ1) is 16.8. The van der Waals surface area contributed by atoms with Gasteiger partial charge >= 0.3 is 0 Å². The van der Waals surface area contributed by atoms with Crippen LogP contribution < -0.4 is 10.6 Å². The highest BCUT2D eigenvalue weighted by Crippen LogP contribution is 2.26. The molecule has 0 aliphatic heterocycles. The van der Waals surface area contributed by atoms with Crippen LogP contribution in [0.3, 0.4) is 0 Å². The van der Waals surface area contributed by atoms with Gasteiger partial charge in [0.2, 0.25) is 0 Å². The normalized spacial score (nSPS) is 12.9. The molecule has 0 spiro atoms. The van der Waals surface area contributed by atoms with E-state index in [4.69, 9.17) is 16.0 Å². The van der Waals surface area contributed by atoms with Crippen LogP contribution in [0.4, 0.5) is 11.6 Å². The van der Waals surface area contributed by atoms with E-state index in [0.717, 1.165) is 49.4 Å². The van der Waals surface area contributed by atoms with Crippen LogP contribution in [0.25, 0.3) is 0 Å². The van der Waals surface area contributed by atoms with Crippen LogP contribution in [0.1, 0.15) is 47.3 Å². The van der Waals surface area contributed by atoms with E-state index in [0.29, 0.717) is 17.5 Å². The lowest BCUT2D eigenvalue weighted by Crippen LogP contribution is -2.23. The summed E-state index contributed by atoms with van der Waals surface area (Å²) in [5.41, 5.74) is 9.81. The first-order chi connectivity index (χ1) is 12.1. The minimum Gasteiger partial charge on any atom is -0.381 e. The van der Waals surface area contributed by atoms with E-state index < -0.39 is 0 Å². The number of hydrogen-bond acceptors (Lipinski definition) is 6. The number of hydrogen-bond donors (Lipinski definition) is 2. The van der Waals surface area contributed by atoms with E-state index in [2.05, 4.69) is 22.3 Å². The molecular formula is C18H21N7. The number of nitrogens with two attached hydrogens (primary N) is 1. The number of aryl methyl sites for hydroxylation is 3. The van der Waals surface area contributed by atoms with Gasteiger partial charge in [-0.2, -0.15) is 15.6 Å². The van der Waals surface area contributed by atoms with Gasteiger partial charge in [-0.1, -0.05) is 0 Å². The molecule has 2 aromatic heterocycles. The van der Waals surface area contributed by atoms with Gasteiger partial charge in [-0.15, -0.1) is 0 Å². The smallest absolute Gasteiger partial charge is 0.163 e. The number of rotatable bonds is 5. The first-order valence-corrected chi connectivity index (χ1v) is 8.51. The third-order valence-corrected chi connectivity index (χ3v) is 4.66. The Kier molecular flexibility index (Phi) is 4.85. The van der Waals surface area contributed by atoms with Gasteiger partial charge < -0.3 is 10.6 Å². The lowest BCUT2D eigenvalue weighted by Gasteiger charge is -2.23. The maximum Gasteiger partial charge on any atom is 0.163 e. The van der Waals surface area contributed by atoms with Gasteiger partial charge in [0.1, 0.15) is 23.5 Å². The molecule has 1 aliphatic carbocycles. The van der Waals surface area contributed by atoms with Crippen molar-refractivity contribution in [2.45, 2.75) is 38.5 Å². The van der Waals surface area contributed by atoms with E-state index in [1.165, 1.54) is 12.0 Å². The zero-order valence-corrected chi connectivity index (χ0v) is 14.3. The number of pyridine rings is 1. The molecule has 25 heavy (non-hydrogen) atoms. The number of aromatic amines is 1. The van der Waals surface area contributed by atoms with Gasteiger partial charge in [-0.3, -0.25) is 5.10 Å². The summed E-state index contributed by atoms with van der Waals surface area (Å²) in [6.07, 6.45) is 5.80. The molecule has 0 radical (unpaired) electrons. The average Bonchev–Trinajstić information content (AvgIpc) is 3.00. The molecule has 0 unspecified atom stereocenters. The van der Waals surface area contributed by atoms with Crippen LogP contribution in [0.2, 0.25) is 0 Å². The Bertz CT molecular complexity index is 854. The number of nitrogens with zero attached hydrogens (tertiary/aromatic N) is 5. The molecule has 7 heteroatoms. The molecule has 0 amide bonds. The van der Waals surface area contributed by atoms with Crippen LogP contribution >= 0.6 is 0 Å². The molecule has 2 heterocycles. The van der Waals surface area contributed by atoms with Crippen molar-refractivity contribution in [1.29, 1.82) is 10.5 Å². The van der Waals surface area contributed by atoms with Crippen molar-refractivity contribution in [3.63, 3.8) is 0 Å². The molecular weight excluding hydrogens is 314 g/mol. The van der Waals surface area contributed by atoms with Crippen molar-refractivity contribution in [3.8, 4) is 12.1 Å². The summed E-state index contributed by atoms with van der Waals surface area (Å²) < 4.78 is 0. The van der Waals surface area contributed by atoms with Crippen LogP contribution in [-0.4, -0.2) is 28.8 Å². The number of anilines is 2. The molecule has 2 aromatic rings. The molecule has 3 rings (SSSR count). The van der Waals surface area contributed by atoms with Crippen LogP contribution in [-0.2, 0) is 19.3 Å². The van der Waals surface area contributed by atoms with E-state index in [-0.39, 0.29) is 5.82 Å². The van der Waals surface area contributed by atoms with Gasteiger partial charge in [0.05, 0.1) is 11.3 Å². The van der Waals surface area contributed by atoms with Gasteiger partial charge in [0.25, 0.3) is 0 Å². The van der Waals surface area contributed by atoms with Gasteiger partial charge in [-0.05, 0) is 50.2 Å². The van der Waals surface area contributed by atoms with Crippen LogP contribution in [0.15, 0.2) is 6.07 Å². The molecule has 7 nitrogen and oxygen atoms in total. The second-order valence-corrected chi connectivity index (χ2v) is 6.38. The van der Waals surface area contributed by atoms with Gasteiger partial charge in [-0.25, -0.2) is 4.98 Å². The third-order valence-electron chi connectivity index (χ3n) is 4.66. The highest BCUT2D eigenvalue weighted by molar-refractivity contribution is 5.56. The fourth-order valence-corrected chi connectivity index (χ4v) is 3.29. The van der Waals surface area contributed by atoms with Crippen molar-refractivity contribution in [2.24, 2.45) is 0 Å². The zero-order valence-electron chi connectivity index (χ0n) is 14.3. The Morgan fingerprint density at radius 2 is 2.08 bits per heavy atom. The van der Waals surface area contributed by atoms with E-state index in [9.17, 15) is 5.26 Å². The predicted octanol–water partition coefficient (Wildman–Crippen LogP) is 2.08. The molecule has 0 saturated heterocycles. The standard InChI is InChI=1S/C18H21N7/c1-25(8-4-7-16-14(11-20)17(21)24-23-16)18-13(10-19)9-12-5-2-3-6-15(12)22-18/h9H,2-8H2,1H3,(H3,21,23,24). The second kappa shape index (κ2) is 7.23. The minimum absolute atomic E-state index is 0.244. The minimum atomic E-state index is 0.244. The monoisotopic (exact) mass is 335 g/mol. The highest BCUT2D eigenvalue weighted by atomic mass is 15.2. The Labute approximate surface area is 147 Å². The van der Waals surface area contributed by atoms with Crippen molar-refractivity contribution in [2.75, 3.05) is 24.2 Å². The molecule has 3 N–H and O–H groups in total. The van der Waals surface area contributed by atoms with E-state index >= 15 is 0 Å². The fraction of sp³-hybridized carbons (Fsp3) is 0.444. The summed E-state index contributed by atoms with van der Waals surface area (Å²) >= 11 is 0. The van der Waals surface area contributed by atoms with Gasteiger partial charge in [0, 0.05) is 19.3 Å². The van der Waals surface area contributed by atoms with Crippen molar-refractivity contribution < 1.29 is 0 Å². The Balaban J connectivity index is 1.70. The number of H-pyrrole nitrogens is 1. The summed E-state index contributed by atoms with van der Waals surface area (Å²) in [5.74, 6) is 0.988. The maximum absolute atomic E-state index is 9.46. The van der Waals surface area contributed by atoms with Crippen molar-refractivity contribution in [1.82, 2.24) is 15.2 Å². The molecule has 0 atom stereocenters. The molecule has 0 saturated carbocycles. The van der Waals surface area contributed by atoms with Crippen molar-refractivity contribution >= 4 is 11.6 Å².